The lowest BCUT2D eigenvalue weighted by atomic mass is 9.83. The molecule has 0 unspecified atom stereocenters. The fraction of sp³-hybridized carbons (Fsp3) is 0.267. The number of hydrogen-bond acceptors (Lipinski definition) is 2. The fourth-order valence-corrected chi connectivity index (χ4v) is 4.50. The first-order chi connectivity index (χ1) is 15.1. The third-order valence-electron chi connectivity index (χ3n) is 6.33. The van der Waals surface area contributed by atoms with Crippen molar-refractivity contribution >= 4 is 22.1 Å². The van der Waals surface area contributed by atoms with Gasteiger partial charge in [-0.1, -0.05) is 84.0 Å². The molecule has 162 valence electrons. The average molecular weight is 422 g/mol. The highest BCUT2D eigenvalue weighted by molar-refractivity contribution is 6.05. The van der Waals surface area contributed by atoms with E-state index >= 15 is 0 Å². The van der Waals surface area contributed by atoms with Gasteiger partial charge in [-0.15, -0.1) is 0 Å². The Morgan fingerprint density at radius 3 is 2.06 bits per heavy atom. The summed E-state index contributed by atoms with van der Waals surface area (Å²) in [5, 5.41) is 5.98. The molecule has 4 aromatic rings. The second-order valence-corrected chi connectivity index (χ2v) is 10.9. The first-order valence-electron chi connectivity index (χ1n) is 11.4. The molecule has 0 bridgehead atoms. The van der Waals surface area contributed by atoms with Crippen molar-refractivity contribution in [2.45, 2.75) is 52.4 Å². The molecule has 1 aliphatic heterocycles. The van der Waals surface area contributed by atoms with Crippen LogP contribution in [0.25, 0.3) is 21.9 Å². The molecular weight excluding hydrogens is 390 g/mol. The summed E-state index contributed by atoms with van der Waals surface area (Å²) < 4.78 is 6.61. The Kier molecular flexibility index (Phi) is 4.60. The van der Waals surface area contributed by atoms with Crippen molar-refractivity contribution in [3.63, 3.8) is 0 Å². The fourth-order valence-electron chi connectivity index (χ4n) is 4.50. The minimum atomic E-state index is -0.00119. The Hall–Kier alpha value is -3.26. The quantitative estimate of drug-likeness (QED) is 0.307. The third-order valence-corrected chi connectivity index (χ3v) is 6.33. The van der Waals surface area contributed by atoms with Gasteiger partial charge in [0, 0.05) is 34.0 Å². The summed E-state index contributed by atoms with van der Waals surface area (Å²) in [5.41, 5.74) is 7.20. The molecule has 0 saturated carbocycles. The Labute approximate surface area is 191 Å². The maximum Gasteiger partial charge on any atom is 0.139 e. The van der Waals surface area contributed by atoms with Gasteiger partial charge >= 0.3 is 0 Å². The van der Waals surface area contributed by atoms with Gasteiger partial charge in [0.05, 0.1) is 0 Å². The van der Waals surface area contributed by atoms with Crippen molar-refractivity contribution in [2.75, 3.05) is 5.32 Å². The van der Waals surface area contributed by atoms with Gasteiger partial charge in [0.2, 0.25) is 0 Å². The molecule has 5 rings (SSSR count). The van der Waals surface area contributed by atoms with E-state index in [1.807, 2.05) is 0 Å². The molecule has 32 heavy (non-hydrogen) atoms. The zero-order valence-corrected chi connectivity index (χ0v) is 19.8. The minimum absolute atomic E-state index is 0.00119. The lowest BCUT2D eigenvalue weighted by Gasteiger charge is -2.29. The number of hydrogen-bond donors (Lipinski definition) is 1. The number of rotatable bonds is 2. The van der Waals surface area contributed by atoms with Crippen molar-refractivity contribution in [1.82, 2.24) is 0 Å². The Morgan fingerprint density at radius 1 is 0.656 bits per heavy atom. The highest BCUT2D eigenvalue weighted by Crippen LogP contribution is 2.50. The molecule has 4 aromatic carbocycles. The normalized spacial score (nSPS) is 12.9. The third kappa shape index (κ3) is 3.54. The highest BCUT2D eigenvalue weighted by atomic mass is 16.5. The van der Waals surface area contributed by atoms with Gasteiger partial charge in [0.15, 0.2) is 0 Å². The van der Waals surface area contributed by atoms with Gasteiger partial charge in [-0.25, -0.2) is 0 Å². The van der Waals surface area contributed by atoms with Crippen molar-refractivity contribution in [1.29, 1.82) is 0 Å². The van der Waals surface area contributed by atoms with Crippen LogP contribution in [0.2, 0.25) is 0 Å². The summed E-state index contributed by atoms with van der Waals surface area (Å²) in [4.78, 5) is 0. The molecule has 2 nitrogen and oxygen atoms in total. The van der Waals surface area contributed by atoms with E-state index in [2.05, 4.69) is 120 Å². The van der Waals surface area contributed by atoms with Crippen LogP contribution in [0.4, 0.5) is 11.4 Å². The van der Waals surface area contributed by atoms with Crippen molar-refractivity contribution < 1.29 is 4.74 Å². The van der Waals surface area contributed by atoms with Crippen LogP contribution < -0.4 is 10.1 Å². The van der Waals surface area contributed by atoms with Crippen molar-refractivity contribution in [3.8, 4) is 22.6 Å². The second kappa shape index (κ2) is 7.13. The van der Waals surface area contributed by atoms with Gasteiger partial charge < -0.3 is 10.1 Å². The topological polar surface area (TPSA) is 21.3 Å². The van der Waals surface area contributed by atoms with Crippen LogP contribution in [0, 0.1) is 0 Å². The minimum Gasteiger partial charge on any atom is -0.456 e. The van der Waals surface area contributed by atoms with E-state index in [-0.39, 0.29) is 10.8 Å². The zero-order valence-electron chi connectivity index (χ0n) is 19.8. The first kappa shape index (κ1) is 20.6. The van der Waals surface area contributed by atoms with Crippen molar-refractivity contribution in [2.24, 2.45) is 0 Å². The molecule has 0 aromatic heterocycles. The lowest BCUT2D eigenvalue weighted by Crippen LogP contribution is -2.14. The van der Waals surface area contributed by atoms with Crippen LogP contribution in [-0.2, 0) is 10.8 Å². The molecule has 0 saturated heterocycles. The molecule has 1 N–H and O–H groups in total. The van der Waals surface area contributed by atoms with Gasteiger partial charge in [-0.3, -0.25) is 0 Å². The van der Waals surface area contributed by atoms with E-state index in [4.69, 9.17) is 4.74 Å². The maximum atomic E-state index is 6.61. The predicted octanol–water partition coefficient (Wildman–Crippen LogP) is 8.95. The van der Waals surface area contributed by atoms with E-state index < -0.39 is 0 Å². The molecule has 0 atom stereocenters. The van der Waals surface area contributed by atoms with E-state index in [0.717, 1.165) is 28.4 Å². The summed E-state index contributed by atoms with van der Waals surface area (Å²) in [6.07, 6.45) is 0. The predicted molar refractivity (Wildman–Crippen MR) is 137 cm³/mol. The number of fused-ring (bicyclic) bond motifs is 2. The molecule has 1 aliphatic rings. The Morgan fingerprint density at radius 2 is 1.38 bits per heavy atom. The lowest BCUT2D eigenvalue weighted by molar-refractivity contribution is 0.460. The Bertz CT molecular complexity index is 1320. The van der Waals surface area contributed by atoms with E-state index in [0.29, 0.717) is 0 Å². The van der Waals surface area contributed by atoms with Crippen LogP contribution >= 0.6 is 0 Å². The molecular formula is C30H31NO. The SMILES string of the molecule is CC(C)(C)c1ccc(Nc2ccc3c(c2)Oc2c(C(C)(C)C)ccc4cccc-3c24)cc1. The van der Waals surface area contributed by atoms with Crippen molar-refractivity contribution in [3.05, 3.63) is 83.9 Å². The molecule has 0 spiro atoms. The molecule has 0 aliphatic carbocycles. The number of benzene rings is 4. The summed E-state index contributed by atoms with van der Waals surface area (Å²) >= 11 is 0. The van der Waals surface area contributed by atoms with Gasteiger partial charge in [0.25, 0.3) is 0 Å². The monoisotopic (exact) mass is 421 g/mol. The van der Waals surface area contributed by atoms with E-state index in [9.17, 15) is 0 Å². The standard InChI is InChI=1S/C30H31NO/c1-29(2,3)20-11-13-21(14-12-20)31-22-15-16-23-24-9-7-8-19-10-17-25(30(4,5)6)28(27(19)24)32-26(23)18-22/h7-18,31H,1-6H3. The van der Waals surface area contributed by atoms with E-state index in [1.54, 1.807) is 0 Å². The van der Waals surface area contributed by atoms with Gasteiger partial charge in [-0.2, -0.15) is 0 Å². The van der Waals surface area contributed by atoms with Gasteiger partial charge in [-0.05, 0) is 51.6 Å². The largest absolute Gasteiger partial charge is 0.456 e. The smallest absolute Gasteiger partial charge is 0.139 e. The van der Waals surface area contributed by atoms with Crippen LogP contribution in [-0.4, -0.2) is 0 Å². The summed E-state index contributed by atoms with van der Waals surface area (Å²) in [6.45, 7) is 13.4. The number of nitrogens with one attached hydrogen (secondary N) is 1. The van der Waals surface area contributed by atoms with Crippen LogP contribution in [0.15, 0.2) is 72.8 Å². The van der Waals surface area contributed by atoms with Crippen LogP contribution in [0.1, 0.15) is 52.7 Å². The average Bonchev–Trinajstić information content (AvgIpc) is 2.73. The first-order valence-corrected chi connectivity index (χ1v) is 11.4. The highest BCUT2D eigenvalue weighted by Gasteiger charge is 2.27. The maximum absolute atomic E-state index is 6.61. The molecule has 2 heteroatoms. The molecule has 0 fully saturated rings. The van der Waals surface area contributed by atoms with Crippen LogP contribution in [0.3, 0.4) is 0 Å². The van der Waals surface area contributed by atoms with E-state index in [1.165, 1.54) is 27.5 Å². The molecule has 0 amide bonds. The van der Waals surface area contributed by atoms with Gasteiger partial charge in [0.1, 0.15) is 11.5 Å². The zero-order chi connectivity index (χ0) is 22.7. The second-order valence-electron chi connectivity index (χ2n) is 10.9. The summed E-state index contributed by atoms with van der Waals surface area (Å²) in [5.74, 6) is 1.89. The molecule has 0 radical (unpaired) electrons. The number of ether oxygens (including phenoxy) is 1. The molecule has 1 heterocycles. The van der Waals surface area contributed by atoms with Crippen LogP contribution in [0.5, 0.6) is 11.5 Å². The Balaban J connectivity index is 1.55. The summed E-state index contributed by atoms with van der Waals surface area (Å²) in [7, 11) is 0. The number of anilines is 2. The summed E-state index contributed by atoms with van der Waals surface area (Å²) in [6, 6.07) is 26.1.